The first-order valence-corrected chi connectivity index (χ1v) is 8.89. The zero-order valence-electron chi connectivity index (χ0n) is 13.9. The predicted molar refractivity (Wildman–Crippen MR) is 92.9 cm³/mol. The lowest BCUT2D eigenvalue weighted by Gasteiger charge is -2.28. The van der Waals surface area contributed by atoms with E-state index in [1.165, 1.54) is 12.0 Å². The van der Waals surface area contributed by atoms with Gasteiger partial charge in [0.15, 0.2) is 0 Å². The molecule has 5 heteroatoms. The smallest absolute Gasteiger partial charge is 0.467 e. The zero-order chi connectivity index (χ0) is 16.7. The molecule has 24 heavy (non-hydrogen) atoms. The number of hydrogen-bond donors (Lipinski definition) is 2. The normalized spacial score (nSPS) is 24.8. The fourth-order valence-electron chi connectivity index (χ4n) is 4.14. The minimum atomic E-state index is -1.60. The van der Waals surface area contributed by atoms with Gasteiger partial charge in [0.1, 0.15) is 17.3 Å². The molecule has 0 saturated carbocycles. The Morgan fingerprint density at radius 1 is 1.08 bits per heavy atom. The maximum Gasteiger partial charge on any atom is 0.495 e. The maximum absolute atomic E-state index is 10.1. The van der Waals surface area contributed by atoms with Crippen LogP contribution in [0.25, 0.3) is 5.47 Å². The Bertz CT molecular complexity index is 726. The molecule has 1 unspecified atom stereocenters. The Morgan fingerprint density at radius 2 is 1.92 bits per heavy atom. The molecule has 4 nitrogen and oxygen atoms in total. The summed E-state index contributed by atoms with van der Waals surface area (Å²) in [5, 5.41) is 20.1. The van der Waals surface area contributed by atoms with Crippen LogP contribution in [0.15, 0.2) is 34.7 Å². The highest BCUT2D eigenvalue weighted by atomic mass is 16.5. The third-order valence-electron chi connectivity index (χ3n) is 5.30. The van der Waals surface area contributed by atoms with Crippen LogP contribution in [-0.2, 0) is 24.0 Å². The molecule has 1 aromatic heterocycles. The highest BCUT2D eigenvalue weighted by Crippen LogP contribution is 2.44. The van der Waals surface area contributed by atoms with Crippen molar-refractivity contribution in [2.75, 3.05) is 0 Å². The van der Waals surface area contributed by atoms with E-state index < -0.39 is 7.12 Å². The van der Waals surface area contributed by atoms with Crippen LogP contribution in [0, 0.1) is 5.92 Å². The summed E-state index contributed by atoms with van der Waals surface area (Å²) in [4.78, 5) is 0. The van der Waals surface area contributed by atoms with Crippen LogP contribution in [0.2, 0.25) is 0 Å². The quantitative estimate of drug-likeness (QED) is 0.614. The van der Waals surface area contributed by atoms with Crippen LogP contribution in [0.1, 0.15) is 54.8 Å². The van der Waals surface area contributed by atoms with Crippen LogP contribution in [0.4, 0.5) is 0 Å². The van der Waals surface area contributed by atoms with Crippen molar-refractivity contribution >= 4 is 12.6 Å². The Balaban J connectivity index is 1.86. The lowest BCUT2D eigenvalue weighted by molar-refractivity contribution is 0.243. The van der Waals surface area contributed by atoms with E-state index in [4.69, 9.17) is 9.15 Å². The van der Waals surface area contributed by atoms with Crippen molar-refractivity contribution in [3.8, 4) is 0 Å². The fourth-order valence-corrected chi connectivity index (χ4v) is 4.14. The fraction of sp³-hybridized carbons (Fsp3) is 0.474. The molecular formula is C19H23BO4. The molecule has 2 N–H and O–H groups in total. The molecule has 0 aromatic carbocycles. The van der Waals surface area contributed by atoms with Crippen molar-refractivity contribution in [3.05, 3.63) is 52.9 Å². The summed E-state index contributed by atoms with van der Waals surface area (Å²) in [5.41, 5.74) is 2.84. The summed E-state index contributed by atoms with van der Waals surface area (Å²) < 4.78 is 12.1. The largest absolute Gasteiger partial charge is 0.495 e. The van der Waals surface area contributed by atoms with Crippen LogP contribution in [0.5, 0.6) is 0 Å². The van der Waals surface area contributed by atoms with Gasteiger partial charge in [0.25, 0.3) is 0 Å². The van der Waals surface area contributed by atoms with Gasteiger partial charge >= 0.3 is 7.12 Å². The number of furan rings is 1. The van der Waals surface area contributed by atoms with Gasteiger partial charge in [-0.2, -0.15) is 0 Å². The van der Waals surface area contributed by atoms with Crippen molar-refractivity contribution in [2.24, 2.45) is 5.92 Å². The first kappa shape index (κ1) is 15.8. The number of hydrogen-bond acceptors (Lipinski definition) is 4. The first-order valence-electron chi connectivity index (χ1n) is 8.89. The van der Waals surface area contributed by atoms with Crippen molar-refractivity contribution in [1.29, 1.82) is 0 Å². The second kappa shape index (κ2) is 6.30. The molecule has 126 valence electrons. The predicted octanol–water partition coefficient (Wildman–Crippen LogP) is 3.32. The second-order valence-electron chi connectivity index (χ2n) is 6.96. The van der Waals surface area contributed by atoms with Crippen LogP contribution in [-0.4, -0.2) is 17.2 Å². The van der Waals surface area contributed by atoms with Gasteiger partial charge in [-0.05, 0) is 44.1 Å². The molecule has 0 saturated heterocycles. The molecule has 0 spiro atoms. The monoisotopic (exact) mass is 326 g/mol. The molecule has 1 atom stereocenters. The van der Waals surface area contributed by atoms with Gasteiger partial charge in [0.2, 0.25) is 0 Å². The molecule has 0 bridgehead atoms. The molecule has 4 rings (SSSR count). The Labute approximate surface area is 142 Å². The number of rotatable bonds is 1. The summed E-state index contributed by atoms with van der Waals surface area (Å²) in [6.07, 6.45) is 11.9. The average molecular weight is 326 g/mol. The molecule has 3 aliphatic rings. The van der Waals surface area contributed by atoms with E-state index in [0.717, 1.165) is 56.3 Å². The van der Waals surface area contributed by atoms with Crippen molar-refractivity contribution < 1.29 is 19.2 Å². The van der Waals surface area contributed by atoms with E-state index in [1.54, 1.807) is 0 Å². The number of fused-ring (bicyclic) bond motifs is 4. The number of ether oxygens (including phenoxy) is 1. The van der Waals surface area contributed by atoms with Crippen LogP contribution >= 0.6 is 0 Å². The molecule has 1 aliphatic heterocycles. The van der Waals surface area contributed by atoms with E-state index in [0.29, 0.717) is 22.8 Å². The topological polar surface area (TPSA) is 62.8 Å². The number of aryl methyl sites for hydroxylation is 1. The van der Waals surface area contributed by atoms with E-state index >= 15 is 0 Å². The molecule has 2 heterocycles. The first-order chi connectivity index (χ1) is 11.6. The highest BCUT2D eigenvalue weighted by Gasteiger charge is 2.39. The minimum Gasteiger partial charge on any atom is -0.467 e. The Hall–Kier alpha value is -1.72. The maximum atomic E-state index is 10.1. The van der Waals surface area contributed by atoms with Gasteiger partial charge in [-0.15, -0.1) is 0 Å². The third kappa shape index (κ3) is 2.66. The molecular weight excluding hydrogens is 303 g/mol. The van der Waals surface area contributed by atoms with E-state index in [-0.39, 0.29) is 5.92 Å². The molecule has 0 radical (unpaired) electrons. The van der Waals surface area contributed by atoms with Crippen molar-refractivity contribution in [3.63, 3.8) is 0 Å². The summed E-state index contributed by atoms with van der Waals surface area (Å²) in [6, 6.07) is 0. The summed E-state index contributed by atoms with van der Waals surface area (Å²) >= 11 is 0. The SMILES string of the molecule is C=C1CC/C=C\CC2Cc3c(oc4c3CCCC4)C(B(O)O)=C2O1. The van der Waals surface area contributed by atoms with Gasteiger partial charge in [-0.3, -0.25) is 0 Å². The lowest BCUT2D eigenvalue weighted by atomic mass is 9.68. The summed E-state index contributed by atoms with van der Waals surface area (Å²) in [5.74, 6) is 3.04. The minimum absolute atomic E-state index is 0.101. The van der Waals surface area contributed by atoms with E-state index in [2.05, 4.69) is 18.7 Å². The van der Waals surface area contributed by atoms with Gasteiger partial charge in [-0.25, -0.2) is 0 Å². The van der Waals surface area contributed by atoms with Crippen LogP contribution in [0.3, 0.4) is 0 Å². The Morgan fingerprint density at radius 3 is 2.75 bits per heavy atom. The van der Waals surface area contributed by atoms with Crippen molar-refractivity contribution in [2.45, 2.75) is 51.4 Å². The van der Waals surface area contributed by atoms with Crippen LogP contribution < -0.4 is 0 Å². The molecule has 0 fully saturated rings. The molecule has 0 amide bonds. The molecule has 2 aliphatic carbocycles. The second-order valence-corrected chi connectivity index (χ2v) is 6.96. The summed E-state index contributed by atoms with van der Waals surface area (Å²) in [6.45, 7) is 3.98. The van der Waals surface area contributed by atoms with Gasteiger partial charge in [0.05, 0.1) is 11.2 Å². The standard InChI is InChI=1S/C19H23BO4/c1-12-7-3-2-4-8-13-11-15-14-9-5-6-10-16(14)24-19(15)17(20(21)22)18(13)23-12/h2,4,13,21-22H,1,3,5-11H2/b4-2-. The lowest BCUT2D eigenvalue weighted by Crippen LogP contribution is -2.26. The zero-order valence-corrected chi connectivity index (χ0v) is 13.9. The highest BCUT2D eigenvalue weighted by molar-refractivity contribution is 6.66. The average Bonchev–Trinajstić information content (AvgIpc) is 2.94. The Kier molecular flexibility index (Phi) is 4.15. The van der Waals surface area contributed by atoms with Gasteiger partial charge in [0, 0.05) is 24.3 Å². The van der Waals surface area contributed by atoms with E-state index in [9.17, 15) is 10.0 Å². The van der Waals surface area contributed by atoms with Crippen molar-refractivity contribution in [1.82, 2.24) is 0 Å². The van der Waals surface area contributed by atoms with Gasteiger partial charge in [-0.1, -0.05) is 18.7 Å². The van der Waals surface area contributed by atoms with Gasteiger partial charge < -0.3 is 19.2 Å². The number of allylic oxidation sites excluding steroid dienone is 4. The summed E-state index contributed by atoms with van der Waals surface area (Å²) in [7, 11) is -1.60. The third-order valence-corrected chi connectivity index (χ3v) is 5.30. The van der Waals surface area contributed by atoms with E-state index in [1.807, 2.05) is 0 Å². The molecule has 1 aromatic rings.